The number of hydrogen-bond donors (Lipinski definition) is 3. The van der Waals surface area contributed by atoms with Crippen LogP contribution in [0.3, 0.4) is 0 Å². The molecule has 0 aliphatic carbocycles. The van der Waals surface area contributed by atoms with Gasteiger partial charge in [0, 0.05) is 4.47 Å². The van der Waals surface area contributed by atoms with Gasteiger partial charge in [-0.1, -0.05) is 39.1 Å². The van der Waals surface area contributed by atoms with Crippen LogP contribution in [0.15, 0.2) is 21.5 Å². The highest BCUT2D eigenvalue weighted by Crippen LogP contribution is 2.32. The third kappa shape index (κ3) is 4.82. The van der Waals surface area contributed by atoms with Crippen molar-refractivity contribution in [1.82, 2.24) is 4.72 Å². The second-order valence-electron chi connectivity index (χ2n) is 3.81. The molecule has 0 saturated carbocycles. The Morgan fingerprint density at radius 1 is 1.24 bits per heavy atom. The van der Waals surface area contributed by atoms with Crippen molar-refractivity contribution >= 4 is 61.1 Å². The van der Waals surface area contributed by atoms with Crippen molar-refractivity contribution in [2.24, 2.45) is 0 Å². The van der Waals surface area contributed by atoms with E-state index in [2.05, 4.69) is 15.9 Å². The Balaban J connectivity index is 3.23. The molecule has 1 atom stereocenters. The fourth-order valence-corrected chi connectivity index (χ4v) is 4.51. The molecule has 0 aliphatic heterocycles. The Morgan fingerprint density at radius 2 is 1.71 bits per heavy atom. The van der Waals surface area contributed by atoms with Crippen LogP contribution in [0.25, 0.3) is 0 Å². The lowest BCUT2D eigenvalue weighted by molar-refractivity contribution is -0.145. The monoisotopic (exact) mass is 419 g/mol. The van der Waals surface area contributed by atoms with Gasteiger partial charge in [0.2, 0.25) is 10.0 Å². The molecule has 1 aromatic carbocycles. The predicted molar refractivity (Wildman–Crippen MR) is 78.2 cm³/mol. The third-order valence-electron chi connectivity index (χ3n) is 2.21. The van der Waals surface area contributed by atoms with Crippen LogP contribution in [0.5, 0.6) is 0 Å². The van der Waals surface area contributed by atoms with E-state index in [-0.39, 0.29) is 10.0 Å². The van der Waals surface area contributed by atoms with Crippen LogP contribution in [0.4, 0.5) is 0 Å². The number of nitrogens with one attached hydrogen (secondary N) is 1. The summed E-state index contributed by atoms with van der Waals surface area (Å²) in [6.07, 6.45) is -0.930. The van der Waals surface area contributed by atoms with Gasteiger partial charge in [0.05, 0.1) is 16.5 Å². The number of benzene rings is 1. The van der Waals surface area contributed by atoms with E-state index in [1.807, 2.05) is 0 Å². The van der Waals surface area contributed by atoms with E-state index in [4.69, 9.17) is 33.4 Å². The van der Waals surface area contributed by atoms with Crippen LogP contribution in [0.2, 0.25) is 10.0 Å². The highest BCUT2D eigenvalue weighted by Gasteiger charge is 2.30. The van der Waals surface area contributed by atoms with Crippen molar-refractivity contribution in [3.05, 3.63) is 26.7 Å². The summed E-state index contributed by atoms with van der Waals surface area (Å²) < 4.78 is 26.4. The lowest BCUT2D eigenvalue weighted by Gasteiger charge is -2.15. The smallest absolute Gasteiger partial charge is 0.322 e. The van der Waals surface area contributed by atoms with Gasteiger partial charge in [-0.2, -0.15) is 4.72 Å². The summed E-state index contributed by atoms with van der Waals surface area (Å²) in [6, 6.07) is 0.674. The summed E-state index contributed by atoms with van der Waals surface area (Å²) in [5.41, 5.74) is 0. The van der Waals surface area contributed by atoms with Gasteiger partial charge in [-0.05, 0) is 12.1 Å². The summed E-state index contributed by atoms with van der Waals surface area (Å²) >= 11 is 14.6. The van der Waals surface area contributed by atoms with Gasteiger partial charge in [-0.25, -0.2) is 8.42 Å². The molecule has 0 saturated heterocycles. The van der Waals surface area contributed by atoms with Gasteiger partial charge in [0.15, 0.2) is 0 Å². The van der Waals surface area contributed by atoms with Crippen molar-refractivity contribution in [1.29, 1.82) is 0 Å². The highest BCUT2D eigenvalue weighted by atomic mass is 79.9. The van der Waals surface area contributed by atoms with E-state index in [0.717, 1.165) is 0 Å². The molecule has 0 heterocycles. The maximum atomic E-state index is 12.1. The van der Waals surface area contributed by atoms with Crippen molar-refractivity contribution in [3.63, 3.8) is 0 Å². The van der Waals surface area contributed by atoms with Crippen LogP contribution < -0.4 is 4.72 Å². The molecule has 11 heteroatoms. The fourth-order valence-electron chi connectivity index (χ4n) is 1.39. The van der Waals surface area contributed by atoms with Crippen LogP contribution in [0.1, 0.15) is 6.42 Å². The Hall–Kier alpha value is -0.870. The van der Waals surface area contributed by atoms with E-state index in [1.165, 1.54) is 12.1 Å². The van der Waals surface area contributed by atoms with Gasteiger partial charge in [-0.15, -0.1) is 0 Å². The Kier molecular flexibility index (Phi) is 6.00. The molecule has 0 amide bonds. The number of sulfonamides is 1. The first-order valence-corrected chi connectivity index (χ1v) is 8.19. The van der Waals surface area contributed by atoms with E-state index < -0.39 is 39.3 Å². The van der Waals surface area contributed by atoms with Crippen molar-refractivity contribution in [3.8, 4) is 0 Å². The highest BCUT2D eigenvalue weighted by molar-refractivity contribution is 9.10. The summed E-state index contributed by atoms with van der Waals surface area (Å²) in [5, 5.41) is 17.0. The number of carboxylic acids is 2. The van der Waals surface area contributed by atoms with Gasteiger partial charge >= 0.3 is 11.9 Å². The Morgan fingerprint density at radius 3 is 2.10 bits per heavy atom. The average molecular weight is 421 g/mol. The summed E-state index contributed by atoms with van der Waals surface area (Å²) in [5.74, 6) is -3.11. The lowest BCUT2D eigenvalue weighted by Crippen LogP contribution is -2.42. The SMILES string of the molecule is O=C(O)C[C@H](NS(=O)(=O)c1c(Cl)cc(Br)cc1Cl)C(=O)O. The summed E-state index contributed by atoms with van der Waals surface area (Å²) in [4.78, 5) is 20.9. The summed E-state index contributed by atoms with van der Waals surface area (Å²) in [6.45, 7) is 0. The minimum atomic E-state index is -4.41. The quantitative estimate of drug-likeness (QED) is 0.646. The van der Waals surface area contributed by atoms with Crippen LogP contribution in [-0.2, 0) is 19.6 Å². The molecular weight excluding hydrogens is 413 g/mol. The average Bonchev–Trinajstić information content (AvgIpc) is 2.24. The third-order valence-corrected chi connectivity index (χ3v) is 5.06. The first-order chi connectivity index (χ1) is 9.54. The maximum absolute atomic E-state index is 12.1. The number of carbonyl (C=O) groups is 2. The van der Waals surface area contributed by atoms with Crippen molar-refractivity contribution < 1.29 is 28.2 Å². The molecule has 1 rings (SSSR count). The minimum Gasteiger partial charge on any atom is -0.481 e. The van der Waals surface area contributed by atoms with Gasteiger partial charge in [0.25, 0.3) is 0 Å². The second kappa shape index (κ2) is 6.93. The number of rotatable bonds is 6. The minimum absolute atomic E-state index is 0.235. The largest absolute Gasteiger partial charge is 0.481 e. The molecule has 116 valence electrons. The molecule has 0 aliphatic rings. The number of hydrogen-bond acceptors (Lipinski definition) is 4. The zero-order chi connectivity index (χ0) is 16.4. The topological polar surface area (TPSA) is 121 Å². The molecule has 7 nitrogen and oxygen atoms in total. The van der Waals surface area contributed by atoms with E-state index in [9.17, 15) is 18.0 Å². The van der Waals surface area contributed by atoms with Crippen LogP contribution >= 0.6 is 39.1 Å². The zero-order valence-electron chi connectivity index (χ0n) is 10.0. The first kappa shape index (κ1) is 18.2. The van der Waals surface area contributed by atoms with Gasteiger partial charge in [-0.3, -0.25) is 9.59 Å². The molecular formula is C10H8BrCl2NO6S. The second-order valence-corrected chi connectivity index (χ2v) is 7.19. The van der Waals surface area contributed by atoms with E-state index in [1.54, 1.807) is 4.72 Å². The zero-order valence-corrected chi connectivity index (χ0v) is 13.9. The lowest BCUT2D eigenvalue weighted by atomic mass is 10.2. The first-order valence-electron chi connectivity index (χ1n) is 5.16. The van der Waals surface area contributed by atoms with Gasteiger partial charge < -0.3 is 10.2 Å². The standard InChI is InChI=1S/C10H8BrCl2NO6S/c11-4-1-5(12)9(6(13)2-4)21(19,20)14-7(10(17)18)3-8(15)16/h1-2,7,14H,3H2,(H,15,16)(H,17,18)/t7-/m0/s1. The molecule has 0 unspecified atom stereocenters. The maximum Gasteiger partial charge on any atom is 0.322 e. The van der Waals surface area contributed by atoms with Crippen molar-refractivity contribution in [2.75, 3.05) is 0 Å². The number of carboxylic acid groups (broad SMARTS) is 2. The van der Waals surface area contributed by atoms with Crippen LogP contribution in [-0.4, -0.2) is 36.6 Å². The number of aliphatic carboxylic acids is 2. The Labute approximate surface area is 138 Å². The van der Waals surface area contributed by atoms with E-state index >= 15 is 0 Å². The fraction of sp³-hybridized carbons (Fsp3) is 0.200. The molecule has 0 radical (unpaired) electrons. The molecule has 0 aromatic heterocycles. The normalized spacial score (nSPS) is 12.9. The van der Waals surface area contributed by atoms with Crippen molar-refractivity contribution in [2.45, 2.75) is 17.4 Å². The molecule has 3 N–H and O–H groups in total. The molecule has 0 spiro atoms. The molecule has 0 fully saturated rings. The number of halogens is 3. The summed E-state index contributed by atoms with van der Waals surface area (Å²) in [7, 11) is -4.41. The predicted octanol–water partition coefficient (Wildman–Crippen LogP) is 1.96. The van der Waals surface area contributed by atoms with Crippen LogP contribution in [0, 0.1) is 0 Å². The Bertz CT molecular complexity index is 670. The van der Waals surface area contributed by atoms with E-state index in [0.29, 0.717) is 4.47 Å². The van der Waals surface area contributed by atoms with Gasteiger partial charge in [0.1, 0.15) is 10.9 Å². The molecule has 1 aromatic rings. The molecule has 21 heavy (non-hydrogen) atoms. The molecule has 0 bridgehead atoms.